The first-order valence-electron chi connectivity index (χ1n) is 3.01. The van der Waals surface area contributed by atoms with E-state index in [0.29, 0.717) is 4.90 Å². The average molecular weight is 156 g/mol. The zero-order valence-electron chi connectivity index (χ0n) is 6.68. The summed E-state index contributed by atoms with van der Waals surface area (Å²) in [6.45, 7) is 2.94. The molecule has 3 nitrogen and oxygen atoms in total. The largest absolute Gasteiger partial charge is 0.295 e. The Morgan fingerprint density at radius 3 is 2.27 bits per heavy atom. The monoisotopic (exact) mass is 156 g/mol. The average Bonchev–Trinajstić information content (AvgIpc) is 2.00. The molecule has 0 unspecified atom stereocenters. The van der Waals surface area contributed by atoms with E-state index in [1.807, 2.05) is 0 Å². The number of nitrogens with zero attached hydrogens (tertiary/aromatic N) is 2. The molecule has 0 aromatic rings. The van der Waals surface area contributed by atoms with Crippen molar-refractivity contribution in [3.05, 3.63) is 11.4 Å². The second kappa shape index (κ2) is 3.71. The van der Waals surface area contributed by atoms with Crippen LogP contribution in [-0.4, -0.2) is 17.9 Å². The van der Waals surface area contributed by atoms with Crippen LogP contribution in [0.3, 0.4) is 0 Å². The van der Waals surface area contributed by atoms with Crippen molar-refractivity contribution in [1.82, 2.24) is 4.90 Å². The molecular formula is C7H9FN2O. The van der Waals surface area contributed by atoms with Gasteiger partial charge in [0.15, 0.2) is 12.0 Å². The van der Waals surface area contributed by atoms with Gasteiger partial charge >= 0.3 is 0 Å². The van der Waals surface area contributed by atoms with Crippen LogP contribution in [0.2, 0.25) is 0 Å². The molecule has 0 saturated heterocycles. The highest BCUT2D eigenvalue weighted by Crippen LogP contribution is 2.06. The molecule has 0 fully saturated rings. The molecule has 0 heterocycles. The van der Waals surface area contributed by atoms with Crippen LogP contribution in [0.15, 0.2) is 11.4 Å². The molecule has 11 heavy (non-hydrogen) atoms. The molecule has 60 valence electrons. The summed E-state index contributed by atoms with van der Waals surface area (Å²) in [6.07, 6.45) is 1.51. The second-order valence-electron chi connectivity index (χ2n) is 2.28. The summed E-state index contributed by atoms with van der Waals surface area (Å²) in [4.78, 5) is 11.4. The van der Waals surface area contributed by atoms with Crippen molar-refractivity contribution in [1.29, 1.82) is 5.26 Å². The number of carbonyl (C=O) groups excluding carboxylic acids is 1. The smallest absolute Gasteiger partial charge is 0.265 e. The van der Waals surface area contributed by atoms with Gasteiger partial charge in [0.2, 0.25) is 0 Å². The van der Waals surface area contributed by atoms with Gasteiger partial charge in [0.25, 0.3) is 5.91 Å². The fourth-order valence-electron chi connectivity index (χ4n) is 0.407. The Kier molecular flexibility index (Phi) is 3.25. The lowest BCUT2D eigenvalue weighted by molar-refractivity contribution is -0.124. The maximum Gasteiger partial charge on any atom is 0.295 e. The van der Waals surface area contributed by atoms with Crippen LogP contribution in [0.5, 0.6) is 0 Å². The van der Waals surface area contributed by atoms with Gasteiger partial charge in [0.05, 0.1) is 0 Å². The predicted octanol–water partition coefficient (Wildman–Crippen LogP) is 1.19. The molecule has 4 heteroatoms. The van der Waals surface area contributed by atoms with Gasteiger partial charge in [-0.15, -0.1) is 0 Å². The van der Waals surface area contributed by atoms with Crippen molar-refractivity contribution in [2.75, 3.05) is 7.05 Å². The maximum atomic E-state index is 12.7. The van der Waals surface area contributed by atoms with E-state index in [4.69, 9.17) is 5.26 Å². The van der Waals surface area contributed by atoms with Crippen LogP contribution in [0.25, 0.3) is 0 Å². The Hall–Kier alpha value is -1.37. The van der Waals surface area contributed by atoms with Gasteiger partial charge in [-0.1, -0.05) is 0 Å². The summed E-state index contributed by atoms with van der Waals surface area (Å²) in [5.74, 6) is -1.76. The lowest BCUT2D eigenvalue weighted by atomic mass is 10.3. The van der Waals surface area contributed by atoms with E-state index in [1.165, 1.54) is 27.1 Å². The molecule has 0 aromatic heterocycles. The zero-order chi connectivity index (χ0) is 9.02. The fourth-order valence-corrected chi connectivity index (χ4v) is 0.407. The summed E-state index contributed by atoms with van der Waals surface area (Å²) >= 11 is 0. The number of likely N-dealkylation sites (N-methyl/N-ethyl adjacent to an activating group) is 1. The first-order valence-corrected chi connectivity index (χ1v) is 3.01. The molecule has 0 atom stereocenters. The SMILES string of the molecule is CC(C)=C(F)C(=O)N(C)C#N. The molecule has 0 bridgehead atoms. The van der Waals surface area contributed by atoms with E-state index >= 15 is 0 Å². The van der Waals surface area contributed by atoms with E-state index < -0.39 is 11.7 Å². The van der Waals surface area contributed by atoms with Crippen molar-refractivity contribution in [3.8, 4) is 6.19 Å². The molecule has 0 N–H and O–H groups in total. The fraction of sp³-hybridized carbons (Fsp3) is 0.429. The normalized spacial score (nSPS) is 8.27. The molecule has 0 aliphatic rings. The highest BCUT2D eigenvalue weighted by atomic mass is 19.1. The molecule has 0 saturated carbocycles. The van der Waals surface area contributed by atoms with E-state index in [0.717, 1.165) is 0 Å². The number of hydrogen-bond donors (Lipinski definition) is 0. The number of amides is 1. The summed E-state index contributed by atoms with van der Waals surface area (Å²) in [5, 5.41) is 8.20. The van der Waals surface area contributed by atoms with Gasteiger partial charge in [-0.2, -0.15) is 5.26 Å². The lowest BCUT2D eigenvalue weighted by Crippen LogP contribution is -2.21. The minimum atomic E-state index is -0.896. The predicted molar refractivity (Wildman–Crippen MR) is 37.9 cm³/mol. The highest BCUT2D eigenvalue weighted by Gasteiger charge is 2.14. The molecule has 0 rings (SSSR count). The molecular weight excluding hydrogens is 147 g/mol. The van der Waals surface area contributed by atoms with Crippen molar-refractivity contribution in [3.63, 3.8) is 0 Å². The van der Waals surface area contributed by atoms with Crippen molar-refractivity contribution in [2.24, 2.45) is 0 Å². The molecule has 0 spiro atoms. The Labute approximate surface area is 64.7 Å². The minimum absolute atomic E-state index is 0.275. The molecule has 0 aliphatic carbocycles. The summed E-state index contributed by atoms with van der Waals surface area (Å²) < 4.78 is 12.7. The van der Waals surface area contributed by atoms with Gasteiger partial charge in [-0.3, -0.25) is 4.79 Å². The Morgan fingerprint density at radius 2 is 2.00 bits per heavy atom. The Morgan fingerprint density at radius 1 is 1.55 bits per heavy atom. The summed E-state index contributed by atoms with van der Waals surface area (Å²) in [7, 11) is 1.21. The van der Waals surface area contributed by atoms with Gasteiger partial charge in [-0.25, -0.2) is 9.29 Å². The van der Waals surface area contributed by atoms with Gasteiger partial charge < -0.3 is 0 Å². The summed E-state index contributed by atoms with van der Waals surface area (Å²) in [6, 6.07) is 0. The van der Waals surface area contributed by atoms with E-state index in [-0.39, 0.29) is 5.57 Å². The first-order chi connectivity index (χ1) is 5.00. The van der Waals surface area contributed by atoms with Gasteiger partial charge in [0, 0.05) is 7.05 Å². The second-order valence-corrected chi connectivity index (χ2v) is 2.28. The standard InChI is InChI=1S/C7H9FN2O/c1-5(2)6(8)7(11)10(3)4-9/h1-3H3. The third kappa shape index (κ3) is 2.38. The van der Waals surface area contributed by atoms with Crippen molar-refractivity contribution in [2.45, 2.75) is 13.8 Å². The van der Waals surface area contributed by atoms with Crippen LogP contribution < -0.4 is 0 Å². The lowest BCUT2D eigenvalue weighted by Gasteiger charge is -2.04. The quantitative estimate of drug-likeness (QED) is 0.325. The number of rotatable bonds is 1. The third-order valence-electron chi connectivity index (χ3n) is 1.08. The van der Waals surface area contributed by atoms with Crippen molar-refractivity contribution >= 4 is 5.91 Å². The maximum absolute atomic E-state index is 12.7. The minimum Gasteiger partial charge on any atom is -0.265 e. The number of nitriles is 1. The van der Waals surface area contributed by atoms with E-state index in [1.54, 1.807) is 0 Å². The number of allylic oxidation sites excluding steroid dienone is 1. The topological polar surface area (TPSA) is 44.1 Å². The van der Waals surface area contributed by atoms with Crippen LogP contribution in [0, 0.1) is 11.5 Å². The van der Waals surface area contributed by atoms with Crippen LogP contribution in [0.4, 0.5) is 4.39 Å². The van der Waals surface area contributed by atoms with Crippen LogP contribution >= 0.6 is 0 Å². The Bertz CT molecular complexity index is 235. The highest BCUT2D eigenvalue weighted by molar-refractivity contribution is 5.92. The molecule has 0 aromatic carbocycles. The molecule has 1 amide bonds. The zero-order valence-corrected chi connectivity index (χ0v) is 6.68. The molecule has 0 radical (unpaired) electrons. The van der Waals surface area contributed by atoms with Crippen LogP contribution in [0.1, 0.15) is 13.8 Å². The molecule has 0 aliphatic heterocycles. The van der Waals surface area contributed by atoms with E-state index in [9.17, 15) is 9.18 Å². The number of hydrogen-bond acceptors (Lipinski definition) is 2. The summed E-state index contributed by atoms with van der Waals surface area (Å²) in [5.41, 5.74) is 0.275. The van der Waals surface area contributed by atoms with E-state index in [2.05, 4.69) is 0 Å². The Balaban J connectivity index is 4.55. The van der Waals surface area contributed by atoms with Crippen molar-refractivity contribution < 1.29 is 9.18 Å². The number of halogens is 1. The van der Waals surface area contributed by atoms with Gasteiger partial charge in [-0.05, 0) is 19.4 Å². The van der Waals surface area contributed by atoms with Gasteiger partial charge in [0.1, 0.15) is 0 Å². The van der Waals surface area contributed by atoms with Crippen LogP contribution in [-0.2, 0) is 4.79 Å². The third-order valence-corrected chi connectivity index (χ3v) is 1.08. The number of carbonyl (C=O) groups is 1. The first kappa shape index (κ1) is 9.63.